The van der Waals surface area contributed by atoms with Gasteiger partial charge in [-0.15, -0.1) is 0 Å². The lowest BCUT2D eigenvalue weighted by molar-refractivity contribution is -0.121. The summed E-state index contributed by atoms with van der Waals surface area (Å²) < 4.78 is 10.9. The number of hydrogen-bond acceptors (Lipinski definition) is 4. The number of ether oxygens (including phenoxy) is 2. The number of nitrogens with one attached hydrogen (secondary N) is 2. The van der Waals surface area contributed by atoms with Crippen molar-refractivity contribution in [3.05, 3.63) is 53.6 Å². The van der Waals surface area contributed by atoms with E-state index in [9.17, 15) is 4.79 Å². The van der Waals surface area contributed by atoms with E-state index in [0.29, 0.717) is 0 Å². The third kappa shape index (κ3) is 1.63. The van der Waals surface area contributed by atoms with Gasteiger partial charge in [0.05, 0.1) is 11.5 Å². The Labute approximate surface area is 133 Å². The molecule has 2 aromatic carbocycles. The maximum Gasteiger partial charge on any atom is 0.237 e. The summed E-state index contributed by atoms with van der Waals surface area (Å²) in [7, 11) is 0. The Kier molecular flexibility index (Phi) is 2.53. The van der Waals surface area contributed by atoms with Crippen LogP contribution in [-0.4, -0.2) is 19.2 Å². The average molecular weight is 308 g/mol. The molecule has 0 radical (unpaired) electrons. The molecule has 1 saturated heterocycles. The van der Waals surface area contributed by atoms with E-state index in [0.717, 1.165) is 41.3 Å². The van der Waals surface area contributed by atoms with Crippen molar-refractivity contribution in [2.45, 2.75) is 17.9 Å². The molecule has 3 heterocycles. The number of benzene rings is 2. The molecule has 0 saturated carbocycles. The first kappa shape index (κ1) is 13.0. The minimum absolute atomic E-state index is 0.0688. The predicted octanol–water partition coefficient (Wildman–Crippen LogP) is 2.34. The Bertz CT molecular complexity index is 820. The fraction of sp³-hybridized carbons (Fsp3) is 0.278. The van der Waals surface area contributed by atoms with Gasteiger partial charge in [-0.25, -0.2) is 0 Å². The summed E-state index contributed by atoms with van der Waals surface area (Å²) in [4.78, 5) is 12.9. The highest BCUT2D eigenvalue weighted by atomic mass is 16.7. The van der Waals surface area contributed by atoms with Gasteiger partial charge in [0.2, 0.25) is 12.7 Å². The minimum atomic E-state index is -0.551. The number of para-hydroxylation sites is 1. The van der Waals surface area contributed by atoms with E-state index in [4.69, 9.17) is 9.47 Å². The van der Waals surface area contributed by atoms with Crippen molar-refractivity contribution in [3.63, 3.8) is 0 Å². The second-order valence-corrected chi connectivity index (χ2v) is 6.22. The zero-order chi connectivity index (χ0) is 15.4. The molecular formula is C18H16N2O3. The maximum absolute atomic E-state index is 12.9. The summed E-state index contributed by atoms with van der Waals surface area (Å²) in [6, 6.07) is 13.8. The van der Waals surface area contributed by atoms with Gasteiger partial charge in [0.15, 0.2) is 11.5 Å². The van der Waals surface area contributed by atoms with Gasteiger partial charge >= 0.3 is 0 Å². The lowest BCUT2D eigenvalue weighted by Crippen LogP contribution is -2.39. The highest BCUT2D eigenvalue weighted by Crippen LogP contribution is 2.51. The summed E-state index contributed by atoms with van der Waals surface area (Å²) in [5, 5.41) is 6.56. The quantitative estimate of drug-likeness (QED) is 0.849. The largest absolute Gasteiger partial charge is 0.454 e. The van der Waals surface area contributed by atoms with Crippen LogP contribution in [0.25, 0.3) is 0 Å². The molecule has 3 aliphatic heterocycles. The fourth-order valence-electron chi connectivity index (χ4n) is 4.10. The highest BCUT2D eigenvalue weighted by Gasteiger charge is 2.55. The maximum atomic E-state index is 12.9. The van der Waals surface area contributed by atoms with Crippen molar-refractivity contribution in [2.24, 2.45) is 0 Å². The van der Waals surface area contributed by atoms with Gasteiger partial charge in [0.1, 0.15) is 0 Å². The molecule has 3 aliphatic rings. The van der Waals surface area contributed by atoms with Crippen molar-refractivity contribution in [2.75, 3.05) is 18.7 Å². The monoisotopic (exact) mass is 308 g/mol. The van der Waals surface area contributed by atoms with Crippen molar-refractivity contribution >= 4 is 11.6 Å². The molecule has 0 aromatic heterocycles. The van der Waals surface area contributed by atoms with Crippen LogP contribution in [-0.2, 0) is 10.2 Å². The molecule has 0 bridgehead atoms. The van der Waals surface area contributed by atoms with Crippen molar-refractivity contribution in [3.8, 4) is 11.5 Å². The van der Waals surface area contributed by atoms with E-state index >= 15 is 0 Å². The first-order valence-electron chi connectivity index (χ1n) is 7.83. The molecule has 116 valence electrons. The van der Waals surface area contributed by atoms with Crippen LogP contribution in [0.2, 0.25) is 0 Å². The van der Waals surface area contributed by atoms with E-state index in [-0.39, 0.29) is 18.7 Å². The molecule has 1 spiro atoms. The normalized spacial score (nSPS) is 27.3. The molecule has 0 aliphatic carbocycles. The number of hydrogen-bond donors (Lipinski definition) is 2. The van der Waals surface area contributed by atoms with Gasteiger partial charge in [-0.1, -0.05) is 24.3 Å². The van der Waals surface area contributed by atoms with Gasteiger partial charge in [-0.3, -0.25) is 4.79 Å². The Balaban J connectivity index is 1.65. The van der Waals surface area contributed by atoms with Crippen LogP contribution in [0.5, 0.6) is 11.5 Å². The molecule has 1 amide bonds. The van der Waals surface area contributed by atoms with Gasteiger partial charge < -0.3 is 20.1 Å². The van der Waals surface area contributed by atoms with Crippen LogP contribution >= 0.6 is 0 Å². The summed E-state index contributed by atoms with van der Waals surface area (Å²) in [5.74, 6) is 1.58. The molecule has 5 heteroatoms. The topological polar surface area (TPSA) is 59.6 Å². The smallest absolute Gasteiger partial charge is 0.237 e. The number of amides is 1. The lowest BCUT2D eigenvalue weighted by Gasteiger charge is -2.29. The molecule has 2 N–H and O–H groups in total. The second-order valence-electron chi connectivity index (χ2n) is 6.22. The minimum Gasteiger partial charge on any atom is -0.454 e. The highest BCUT2D eigenvalue weighted by molar-refractivity contribution is 6.07. The number of rotatable bonds is 1. The van der Waals surface area contributed by atoms with Crippen molar-refractivity contribution < 1.29 is 14.3 Å². The number of carbonyl (C=O) groups excluding carboxylic acids is 1. The Morgan fingerprint density at radius 3 is 2.91 bits per heavy atom. The fourth-order valence-corrected chi connectivity index (χ4v) is 4.10. The van der Waals surface area contributed by atoms with Gasteiger partial charge in [-0.05, 0) is 42.3 Å². The van der Waals surface area contributed by atoms with Gasteiger partial charge in [0, 0.05) is 5.69 Å². The summed E-state index contributed by atoms with van der Waals surface area (Å²) >= 11 is 0. The average Bonchev–Trinajstić information content (AvgIpc) is 3.27. The Morgan fingerprint density at radius 1 is 1.09 bits per heavy atom. The first-order chi connectivity index (χ1) is 11.3. The number of fused-ring (bicyclic) bond motifs is 3. The number of anilines is 1. The third-order valence-electron chi connectivity index (χ3n) is 5.15. The predicted molar refractivity (Wildman–Crippen MR) is 84.7 cm³/mol. The Morgan fingerprint density at radius 2 is 1.96 bits per heavy atom. The van der Waals surface area contributed by atoms with Crippen LogP contribution in [0, 0.1) is 0 Å². The van der Waals surface area contributed by atoms with Gasteiger partial charge in [0.25, 0.3) is 0 Å². The molecule has 5 rings (SSSR count). The van der Waals surface area contributed by atoms with E-state index < -0.39 is 5.41 Å². The molecule has 1 fully saturated rings. The van der Waals surface area contributed by atoms with Crippen molar-refractivity contribution in [1.82, 2.24) is 5.32 Å². The van der Waals surface area contributed by atoms with Gasteiger partial charge in [-0.2, -0.15) is 0 Å². The van der Waals surface area contributed by atoms with Crippen LogP contribution in [0.15, 0.2) is 42.5 Å². The molecule has 23 heavy (non-hydrogen) atoms. The van der Waals surface area contributed by atoms with E-state index in [2.05, 4.69) is 16.7 Å². The van der Waals surface area contributed by atoms with E-state index in [1.807, 2.05) is 36.4 Å². The third-order valence-corrected chi connectivity index (χ3v) is 5.15. The van der Waals surface area contributed by atoms with Crippen LogP contribution < -0.4 is 20.1 Å². The first-order valence-corrected chi connectivity index (χ1v) is 7.83. The van der Waals surface area contributed by atoms with Crippen LogP contribution in [0.1, 0.15) is 23.6 Å². The van der Waals surface area contributed by atoms with Crippen LogP contribution in [0.3, 0.4) is 0 Å². The van der Waals surface area contributed by atoms with E-state index in [1.165, 1.54) is 0 Å². The Hall–Kier alpha value is -2.53. The molecule has 0 unspecified atom stereocenters. The number of carbonyl (C=O) groups is 1. The molecule has 2 aromatic rings. The summed E-state index contributed by atoms with van der Waals surface area (Å²) in [6.07, 6.45) is 0.787. The second kappa shape index (κ2) is 4.49. The van der Waals surface area contributed by atoms with E-state index in [1.54, 1.807) is 0 Å². The molecule has 2 atom stereocenters. The summed E-state index contributed by atoms with van der Waals surface area (Å²) in [6.45, 7) is 1.06. The van der Waals surface area contributed by atoms with Crippen molar-refractivity contribution in [1.29, 1.82) is 0 Å². The SMILES string of the molecule is O=C1Nc2ccccc2[C@]12CCN[C@H]2c1ccc2c(c1)OCO2. The zero-order valence-electron chi connectivity index (χ0n) is 12.5. The molecular weight excluding hydrogens is 292 g/mol. The zero-order valence-corrected chi connectivity index (χ0v) is 12.5. The standard InChI is InChI=1S/C18H16N2O3/c21-17-18(12-3-1-2-4-13(12)20-17)7-8-19-16(18)11-5-6-14-15(9-11)23-10-22-14/h1-6,9,16,19H,7-8,10H2,(H,20,21)/t16-,18-/m0/s1. The van der Waals surface area contributed by atoms with Crippen LogP contribution in [0.4, 0.5) is 5.69 Å². The lowest BCUT2D eigenvalue weighted by atomic mass is 9.73. The molecule has 5 nitrogen and oxygen atoms in total. The summed E-state index contributed by atoms with van der Waals surface area (Å²) in [5.41, 5.74) is 2.51.